The van der Waals surface area contributed by atoms with E-state index < -0.39 is 16.6 Å². The SMILES string of the molecule is CC1(C)Oc2ccc(CC(=O)c3ccc(Cl)cn3)cc2C2(COC(N)=N2)C12COC2. The molecule has 5 rings (SSSR count). The Labute approximate surface area is 179 Å². The van der Waals surface area contributed by atoms with Crippen LogP contribution in [0.2, 0.25) is 5.02 Å². The highest BCUT2D eigenvalue weighted by Crippen LogP contribution is 2.62. The monoisotopic (exact) mass is 427 g/mol. The van der Waals surface area contributed by atoms with E-state index in [1.54, 1.807) is 12.1 Å². The third-order valence-corrected chi connectivity index (χ3v) is 6.83. The van der Waals surface area contributed by atoms with Gasteiger partial charge in [-0.2, -0.15) is 0 Å². The lowest BCUT2D eigenvalue weighted by atomic mass is 9.55. The molecule has 156 valence electrons. The summed E-state index contributed by atoms with van der Waals surface area (Å²) < 4.78 is 17.7. The maximum atomic E-state index is 12.7. The highest BCUT2D eigenvalue weighted by atomic mass is 35.5. The zero-order valence-electron chi connectivity index (χ0n) is 16.8. The lowest BCUT2D eigenvalue weighted by molar-refractivity contribution is -0.247. The van der Waals surface area contributed by atoms with E-state index in [1.807, 2.05) is 32.0 Å². The van der Waals surface area contributed by atoms with Crippen LogP contribution in [0.3, 0.4) is 0 Å². The van der Waals surface area contributed by atoms with Gasteiger partial charge >= 0.3 is 0 Å². The molecule has 0 bridgehead atoms. The van der Waals surface area contributed by atoms with Crippen LogP contribution in [0, 0.1) is 5.41 Å². The minimum absolute atomic E-state index is 0.0925. The largest absolute Gasteiger partial charge is 0.487 e. The molecule has 0 aliphatic carbocycles. The number of benzene rings is 1. The third kappa shape index (κ3) is 2.58. The average Bonchev–Trinajstić information content (AvgIpc) is 3.03. The van der Waals surface area contributed by atoms with E-state index in [-0.39, 0.29) is 18.2 Å². The zero-order chi connectivity index (χ0) is 21.1. The summed E-state index contributed by atoms with van der Waals surface area (Å²) in [7, 11) is 0. The predicted octanol–water partition coefficient (Wildman–Crippen LogP) is 2.89. The van der Waals surface area contributed by atoms with Gasteiger partial charge in [0.1, 0.15) is 29.2 Å². The fourth-order valence-corrected chi connectivity index (χ4v) is 4.86. The van der Waals surface area contributed by atoms with Gasteiger partial charge in [0.25, 0.3) is 6.02 Å². The molecule has 30 heavy (non-hydrogen) atoms. The minimum atomic E-state index is -0.718. The average molecular weight is 428 g/mol. The number of amidine groups is 1. The number of hydrogen-bond donors (Lipinski definition) is 1. The Kier molecular flexibility index (Phi) is 4.14. The van der Waals surface area contributed by atoms with Crippen molar-refractivity contribution in [3.63, 3.8) is 0 Å². The quantitative estimate of drug-likeness (QED) is 0.756. The van der Waals surface area contributed by atoms with Crippen LogP contribution < -0.4 is 10.5 Å². The molecule has 2 N–H and O–H groups in total. The van der Waals surface area contributed by atoms with Gasteiger partial charge in [0.2, 0.25) is 0 Å². The zero-order valence-corrected chi connectivity index (χ0v) is 17.5. The van der Waals surface area contributed by atoms with E-state index >= 15 is 0 Å². The van der Waals surface area contributed by atoms with E-state index in [0.29, 0.717) is 30.5 Å². The molecule has 1 fully saturated rings. The smallest absolute Gasteiger partial charge is 0.283 e. The topological polar surface area (TPSA) is 96.0 Å². The van der Waals surface area contributed by atoms with Gasteiger partial charge < -0.3 is 19.9 Å². The van der Waals surface area contributed by atoms with Crippen molar-refractivity contribution in [1.29, 1.82) is 0 Å². The van der Waals surface area contributed by atoms with Crippen molar-refractivity contribution in [2.75, 3.05) is 19.8 Å². The number of nitrogens with two attached hydrogens (primary N) is 1. The number of nitrogens with zero attached hydrogens (tertiary/aromatic N) is 2. The van der Waals surface area contributed by atoms with Crippen molar-refractivity contribution in [3.8, 4) is 5.75 Å². The molecule has 1 atom stereocenters. The van der Waals surface area contributed by atoms with E-state index in [0.717, 1.165) is 16.9 Å². The number of Topliss-reactive ketones (excluding diaryl/α,β-unsaturated/α-hetero) is 1. The van der Waals surface area contributed by atoms with Gasteiger partial charge in [-0.05, 0) is 43.7 Å². The summed E-state index contributed by atoms with van der Waals surface area (Å²) >= 11 is 5.87. The summed E-state index contributed by atoms with van der Waals surface area (Å²) in [6, 6.07) is 9.22. The number of ether oxygens (including phenoxy) is 3. The van der Waals surface area contributed by atoms with Gasteiger partial charge in [-0.1, -0.05) is 17.7 Å². The van der Waals surface area contributed by atoms with Gasteiger partial charge in [0.15, 0.2) is 5.78 Å². The van der Waals surface area contributed by atoms with Gasteiger partial charge in [-0.3, -0.25) is 9.78 Å². The summed E-state index contributed by atoms with van der Waals surface area (Å²) in [6.45, 7) is 5.41. The molecule has 0 radical (unpaired) electrons. The molecule has 7 nitrogen and oxygen atoms in total. The maximum absolute atomic E-state index is 12.7. The normalized spacial score (nSPS) is 25.1. The Bertz CT molecular complexity index is 1060. The second-order valence-corrected chi connectivity index (χ2v) is 9.01. The predicted molar refractivity (Wildman–Crippen MR) is 111 cm³/mol. The van der Waals surface area contributed by atoms with Crippen LogP contribution in [0.4, 0.5) is 0 Å². The van der Waals surface area contributed by atoms with E-state index in [1.165, 1.54) is 6.20 Å². The number of fused-ring (bicyclic) bond motifs is 3. The first-order valence-electron chi connectivity index (χ1n) is 9.79. The second-order valence-electron chi connectivity index (χ2n) is 8.58. The molecule has 1 saturated heterocycles. The maximum Gasteiger partial charge on any atom is 0.283 e. The molecule has 1 aromatic carbocycles. The summed E-state index contributed by atoms with van der Waals surface area (Å²) in [6.07, 6.45) is 1.67. The number of aliphatic imine (C=N–C) groups is 1. The van der Waals surface area contributed by atoms with Crippen molar-refractivity contribution < 1.29 is 19.0 Å². The Morgan fingerprint density at radius 1 is 1.20 bits per heavy atom. The van der Waals surface area contributed by atoms with E-state index in [4.69, 9.17) is 36.5 Å². The first kappa shape index (κ1) is 19.3. The molecule has 1 aromatic heterocycles. The minimum Gasteiger partial charge on any atom is -0.487 e. The van der Waals surface area contributed by atoms with Crippen LogP contribution >= 0.6 is 11.6 Å². The number of pyridine rings is 1. The van der Waals surface area contributed by atoms with Crippen molar-refractivity contribution in [2.24, 2.45) is 16.1 Å². The van der Waals surface area contributed by atoms with Gasteiger partial charge in [0.05, 0.1) is 23.7 Å². The molecule has 2 spiro atoms. The summed E-state index contributed by atoms with van der Waals surface area (Å²) in [5, 5.41) is 0.492. The molecule has 3 aliphatic rings. The van der Waals surface area contributed by atoms with Crippen LogP contribution in [-0.2, 0) is 21.4 Å². The molecule has 1 unspecified atom stereocenters. The molecule has 3 aliphatic heterocycles. The van der Waals surface area contributed by atoms with Gasteiger partial charge in [0, 0.05) is 18.2 Å². The summed E-state index contributed by atoms with van der Waals surface area (Å²) in [5.74, 6) is 0.630. The van der Waals surface area contributed by atoms with Gasteiger partial charge in [-0.15, -0.1) is 0 Å². The number of hydrogen-bond acceptors (Lipinski definition) is 7. The van der Waals surface area contributed by atoms with Crippen molar-refractivity contribution in [1.82, 2.24) is 4.98 Å². The number of carbonyl (C=O) groups excluding carboxylic acids is 1. The van der Waals surface area contributed by atoms with Gasteiger partial charge in [-0.25, -0.2) is 4.99 Å². The van der Waals surface area contributed by atoms with E-state index in [9.17, 15) is 4.79 Å². The second kappa shape index (κ2) is 6.43. The fourth-order valence-electron chi connectivity index (χ4n) is 4.75. The molecule has 8 heteroatoms. The van der Waals surface area contributed by atoms with E-state index in [2.05, 4.69) is 4.98 Å². The number of ketones is 1. The first-order chi connectivity index (χ1) is 14.3. The number of rotatable bonds is 3. The molecule has 0 amide bonds. The highest BCUT2D eigenvalue weighted by Gasteiger charge is 2.71. The van der Waals surface area contributed by atoms with Crippen molar-refractivity contribution in [3.05, 3.63) is 58.4 Å². The van der Waals surface area contributed by atoms with Crippen molar-refractivity contribution in [2.45, 2.75) is 31.4 Å². The first-order valence-corrected chi connectivity index (χ1v) is 10.2. The Morgan fingerprint density at radius 3 is 2.60 bits per heavy atom. The van der Waals surface area contributed by atoms with Crippen LogP contribution in [0.15, 0.2) is 41.5 Å². The lowest BCUT2D eigenvalue weighted by Gasteiger charge is -2.61. The highest BCUT2D eigenvalue weighted by molar-refractivity contribution is 6.30. The number of carbonyl (C=O) groups is 1. The number of halogens is 1. The Balaban J connectivity index is 1.56. The van der Waals surface area contributed by atoms with Crippen LogP contribution in [0.1, 0.15) is 35.5 Å². The standard InChI is InChI=1S/C22H22ClN3O4/c1-20(2)21(10-28-11-21)22(12-29-19(24)26-22)15-7-13(3-6-18(15)30-20)8-17(27)16-5-4-14(23)9-25-16/h3-7,9H,8,10-12H2,1-2H3,(H2,24,26). The van der Waals surface area contributed by atoms with Crippen LogP contribution in [0.5, 0.6) is 5.75 Å². The third-order valence-electron chi connectivity index (χ3n) is 6.60. The molecular formula is C22H22ClN3O4. The Morgan fingerprint density at radius 2 is 2.00 bits per heavy atom. The van der Waals surface area contributed by atoms with Crippen LogP contribution in [0.25, 0.3) is 0 Å². The molecule has 0 saturated carbocycles. The lowest BCUT2D eigenvalue weighted by Crippen LogP contribution is -2.71. The van der Waals surface area contributed by atoms with Crippen molar-refractivity contribution >= 4 is 23.4 Å². The summed E-state index contributed by atoms with van der Waals surface area (Å²) in [5.41, 5.74) is 6.40. The molecule has 4 heterocycles. The Hall–Kier alpha value is -2.64. The molecule has 2 aromatic rings. The fraction of sp³-hybridized carbons (Fsp3) is 0.409. The molecular weight excluding hydrogens is 406 g/mol. The number of aromatic nitrogens is 1. The van der Waals surface area contributed by atoms with Crippen LogP contribution in [-0.4, -0.2) is 42.2 Å². The summed E-state index contributed by atoms with van der Waals surface area (Å²) in [4.78, 5) is 21.6.